The topological polar surface area (TPSA) is 141 Å². The van der Waals surface area contributed by atoms with Gasteiger partial charge in [-0.05, 0) is 42.5 Å². The van der Waals surface area contributed by atoms with Crippen LogP contribution in [-0.2, 0) is 0 Å². The minimum Gasteiger partial charge on any atom is -0.497 e. The molecule has 30 heavy (non-hydrogen) atoms. The smallest absolute Gasteiger partial charge is 0.335 e. The molecule has 1 amide bonds. The van der Waals surface area contributed by atoms with E-state index in [2.05, 4.69) is 5.32 Å². The van der Waals surface area contributed by atoms with Crippen molar-refractivity contribution in [3.8, 4) is 22.8 Å². The van der Waals surface area contributed by atoms with Crippen molar-refractivity contribution in [2.75, 3.05) is 19.5 Å². The van der Waals surface area contributed by atoms with Gasteiger partial charge in [-0.3, -0.25) is 14.9 Å². The Kier molecular flexibility index (Phi) is 5.68. The molecular weight excluding hydrogens is 396 g/mol. The number of benzene rings is 2. The van der Waals surface area contributed by atoms with Crippen LogP contribution in [0.1, 0.15) is 20.9 Å². The van der Waals surface area contributed by atoms with E-state index in [1.807, 2.05) is 0 Å². The van der Waals surface area contributed by atoms with Gasteiger partial charge in [-0.2, -0.15) is 0 Å². The van der Waals surface area contributed by atoms with Crippen LogP contribution in [-0.4, -0.2) is 36.1 Å². The van der Waals surface area contributed by atoms with Crippen molar-refractivity contribution in [1.82, 2.24) is 0 Å². The largest absolute Gasteiger partial charge is 0.497 e. The van der Waals surface area contributed by atoms with Gasteiger partial charge in [0.2, 0.25) is 0 Å². The monoisotopic (exact) mass is 412 g/mol. The van der Waals surface area contributed by atoms with Crippen LogP contribution in [0.15, 0.2) is 52.9 Å². The van der Waals surface area contributed by atoms with Crippen LogP contribution in [0, 0.1) is 10.1 Å². The lowest BCUT2D eigenvalue weighted by Gasteiger charge is -2.10. The number of hydrogen-bond acceptors (Lipinski definition) is 7. The number of carbonyl (C=O) groups is 2. The predicted octanol–water partition coefficient (Wildman–Crippen LogP) is 3.82. The first-order chi connectivity index (χ1) is 14.3. The standard InChI is InChI=1S/C20H16N2O8/c1-28-12-4-5-13(15(10-12)22(26)27)16-7-8-18(30-16)19(23)21-14-9-11(20(24)25)3-6-17(14)29-2/h3-10H,1-2H3,(H,21,23)(H,24,25). The number of aromatic carboxylic acids is 1. The molecule has 154 valence electrons. The summed E-state index contributed by atoms with van der Waals surface area (Å²) in [5, 5.41) is 23.0. The molecule has 10 nitrogen and oxygen atoms in total. The highest BCUT2D eigenvalue weighted by atomic mass is 16.6. The van der Waals surface area contributed by atoms with E-state index in [9.17, 15) is 19.7 Å². The lowest BCUT2D eigenvalue weighted by molar-refractivity contribution is -0.384. The van der Waals surface area contributed by atoms with Crippen LogP contribution in [0.3, 0.4) is 0 Å². The summed E-state index contributed by atoms with van der Waals surface area (Å²) in [7, 11) is 2.76. The van der Waals surface area contributed by atoms with Gasteiger partial charge in [0.25, 0.3) is 11.6 Å². The zero-order valence-electron chi connectivity index (χ0n) is 15.9. The number of rotatable bonds is 7. The zero-order valence-corrected chi connectivity index (χ0v) is 15.9. The van der Waals surface area contributed by atoms with Crippen LogP contribution < -0.4 is 14.8 Å². The van der Waals surface area contributed by atoms with Crippen molar-refractivity contribution in [3.05, 3.63) is 70.0 Å². The number of nitrogens with zero attached hydrogens (tertiary/aromatic N) is 1. The van der Waals surface area contributed by atoms with E-state index in [1.54, 1.807) is 0 Å². The number of methoxy groups -OCH3 is 2. The molecule has 0 aliphatic rings. The van der Waals surface area contributed by atoms with E-state index in [-0.39, 0.29) is 39.8 Å². The summed E-state index contributed by atoms with van der Waals surface area (Å²) in [5.41, 5.74) is 0.0210. The molecule has 10 heteroatoms. The number of carboxylic acid groups (broad SMARTS) is 1. The van der Waals surface area contributed by atoms with Crippen LogP contribution in [0.4, 0.5) is 11.4 Å². The first-order valence-electron chi connectivity index (χ1n) is 8.49. The maximum absolute atomic E-state index is 12.6. The Morgan fingerprint density at radius 2 is 1.83 bits per heavy atom. The molecule has 0 saturated carbocycles. The van der Waals surface area contributed by atoms with E-state index in [4.69, 9.17) is 19.0 Å². The molecule has 0 bridgehead atoms. The number of amides is 1. The Bertz CT molecular complexity index is 1140. The summed E-state index contributed by atoms with van der Waals surface area (Å²) < 4.78 is 15.6. The number of nitro groups is 1. The molecule has 2 N–H and O–H groups in total. The van der Waals surface area contributed by atoms with Crippen LogP contribution in [0.5, 0.6) is 11.5 Å². The molecule has 0 unspecified atom stereocenters. The highest BCUT2D eigenvalue weighted by molar-refractivity contribution is 6.04. The number of nitro benzene ring substituents is 1. The van der Waals surface area contributed by atoms with Gasteiger partial charge in [-0.15, -0.1) is 0 Å². The highest BCUT2D eigenvalue weighted by Crippen LogP contribution is 2.34. The summed E-state index contributed by atoms with van der Waals surface area (Å²) in [6.07, 6.45) is 0. The van der Waals surface area contributed by atoms with Crippen molar-refractivity contribution >= 4 is 23.3 Å². The molecule has 0 aliphatic heterocycles. The second-order valence-corrected chi connectivity index (χ2v) is 5.98. The summed E-state index contributed by atoms with van der Waals surface area (Å²) in [5.74, 6) is -1.30. The molecule has 3 aromatic rings. The van der Waals surface area contributed by atoms with Gasteiger partial charge in [0.15, 0.2) is 5.76 Å². The molecule has 0 fully saturated rings. The van der Waals surface area contributed by atoms with Crippen LogP contribution in [0.25, 0.3) is 11.3 Å². The van der Waals surface area contributed by atoms with Gasteiger partial charge in [0, 0.05) is 0 Å². The molecule has 2 aromatic carbocycles. The summed E-state index contributed by atoms with van der Waals surface area (Å²) in [4.78, 5) is 34.5. The first-order valence-corrected chi connectivity index (χ1v) is 8.49. The summed E-state index contributed by atoms with van der Waals surface area (Å²) in [6, 6.07) is 11.0. The minimum atomic E-state index is -1.17. The van der Waals surface area contributed by atoms with Crippen molar-refractivity contribution in [1.29, 1.82) is 0 Å². The third-order valence-electron chi connectivity index (χ3n) is 4.19. The maximum Gasteiger partial charge on any atom is 0.335 e. The minimum absolute atomic E-state index is 0.0416. The Hall–Kier alpha value is -4.34. The third-order valence-corrected chi connectivity index (χ3v) is 4.19. The lowest BCUT2D eigenvalue weighted by atomic mass is 10.1. The second-order valence-electron chi connectivity index (χ2n) is 5.98. The van der Waals surface area contributed by atoms with E-state index < -0.39 is 16.8 Å². The van der Waals surface area contributed by atoms with E-state index in [0.29, 0.717) is 5.75 Å². The van der Waals surface area contributed by atoms with Crippen LogP contribution >= 0.6 is 0 Å². The summed E-state index contributed by atoms with van der Waals surface area (Å²) in [6.45, 7) is 0. The molecule has 3 rings (SSSR count). The molecule has 1 aromatic heterocycles. The van der Waals surface area contributed by atoms with Gasteiger partial charge in [-0.25, -0.2) is 4.79 Å². The Balaban J connectivity index is 1.91. The molecule has 0 spiro atoms. The number of furan rings is 1. The van der Waals surface area contributed by atoms with E-state index in [0.717, 1.165) is 0 Å². The van der Waals surface area contributed by atoms with Gasteiger partial charge in [-0.1, -0.05) is 0 Å². The highest BCUT2D eigenvalue weighted by Gasteiger charge is 2.21. The van der Waals surface area contributed by atoms with Crippen molar-refractivity contribution in [2.24, 2.45) is 0 Å². The van der Waals surface area contributed by atoms with Gasteiger partial charge < -0.3 is 24.3 Å². The normalized spacial score (nSPS) is 10.3. The molecule has 1 heterocycles. The molecule has 0 saturated heterocycles. The van der Waals surface area contributed by atoms with Crippen LogP contribution in [0.2, 0.25) is 0 Å². The molecule has 0 radical (unpaired) electrons. The average Bonchev–Trinajstić information content (AvgIpc) is 3.23. The SMILES string of the molecule is COc1ccc(-c2ccc(C(=O)Nc3cc(C(=O)O)ccc3OC)o2)c([N+](=O)[O-])c1. The quantitative estimate of drug-likeness (QED) is 0.441. The number of carbonyl (C=O) groups excluding carboxylic acids is 1. The Morgan fingerprint density at radius 1 is 1.07 bits per heavy atom. The fourth-order valence-electron chi connectivity index (χ4n) is 2.73. The van der Waals surface area contributed by atoms with Crippen molar-refractivity contribution in [2.45, 2.75) is 0 Å². The number of carboxylic acids is 1. The Labute approximate surface area is 169 Å². The first kappa shape index (κ1) is 20.4. The molecule has 0 atom stereocenters. The van der Waals surface area contributed by atoms with E-state index in [1.165, 1.54) is 62.8 Å². The van der Waals surface area contributed by atoms with Crippen molar-refractivity contribution in [3.63, 3.8) is 0 Å². The average molecular weight is 412 g/mol. The Morgan fingerprint density at radius 3 is 2.47 bits per heavy atom. The lowest BCUT2D eigenvalue weighted by Crippen LogP contribution is -2.12. The number of ether oxygens (including phenoxy) is 2. The predicted molar refractivity (Wildman–Crippen MR) is 105 cm³/mol. The van der Waals surface area contributed by atoms with E-state index >= 15 is 0 Å². The summed E-state index contributed by atoms with van der Waals surface area (Å²) >= 11 is 0. The van der Waals surface area contributed by atoms with Crippen molar-refractivity contribution < 1.29 is 33.5 Å². The number of nitrogens with one attached hydrogen (secondary N) is 1. The second kappa shape index (κ2) is 8.35. The zero-order chi connectivity index (χ0) is 21.8. The molecular formula is C20H16N2O8. The molecule has 0 aliphatic carbocycles. The maximum atomic E-state index is 12.6. The fraction of sp³-hybridized carbons (Fsp3) is 0.100. The van der Waals surface area contributed by atoms with Gasteiger partial charge in [0.05, 0.1) is 42.0 Å². The fourth-order valence-corrected chi connectivity index (χ4v) is 2.73. The third kappa shape index (κ3) is 4.07. The van der Waals surface area contributed by atoms with Gasteiger partial charge in [0.1, 0.15) is 17.3 Å². The number of hydrogen-bond donors (Lipinski definition) is 2. The van der Waals surface area contributed by atoms with Gasteiger partial charge >= 0.3 is 5.97 Å². The number of anilines is 1.